The van der Waals surface area contributed by atoms with Crippen molar-refractivity contribution in [3.8, 4) is 0 Å². The Kier molecular flexibility index (Phi) is 6.81. The quantitative estimate of drug-likeness (QED) is 0.818. The molecule has 0 aromatic heterocycles. The Hall–Kier alpha value is -1.65. The molecule has 1 fully saturated rings. The molecule has 1 heterocycles. The van der Waals surface area contributed by atoms with Gasteiger partial charge in [0.1, 0.15) is 0 Å². The number of amides is 1. The molecule has 1 aliphatic rings. The highest BCUT2D eigenvalue weighted by molar-refractivity contribution is 5.81. The first-order valence-corrected chi connectivity index (χ1v) is 8.50. The summed E-state index contributed by atoms with van der Waals surface area (Å²) in [6, 6.07) is 8.69. The van der Waals surface area contributed by atoms with Crippen LogP contribution < -0.4 is 5.32 Å². The van der Waals surface area contributed by atoms with Gasteiger partial charge in [0.2, 0.25) is 5.91 Å². The van der Waals surface area contributed by atoms with E-state index in [1.165, 1.54) is 11.1 Å². The van der Waals surface area contributed by atoms with E-state index in [0.29, 0.717) is 6.54 Å². The third kappa shape index (κ3) is 5.48. The zero-order chi connectivity index (χ0) is 16.7. The molecule has 1 aromatic rings. The molecule has 1 aliphatic heterocycles. The van der Waals surface area contributed by atoms with Crippen LogP contribution in [0.2, 0.25) is 0 Å². The smallest absolute Gasteiger partial charge is 0.237 e. The Labute approximate surface area is 140 Å². The summed E-state index contributed by atoms with van der Waals surface area (Å²) in [5.41, 5.74) is 2.66. The van der Waals surface area contributed by atoms with E-state index in [4.69, 9.17) is 0 Å². The molecule has 1 saturated heterocycles. The Morgan fingerprint density at radius 2 is 2.00 bits per heavy atom. The van der Waals surface area contributed by atoms with Crippen molar-refractivity contribution >= 4 is 5.91 Å². The Morgan fingerprint density at radius 3 is 2.70 bits per heavy atom. The molecule has 1 atom stereocenters. The molecule has 126 valence electrons. The van der Waals surface area contributed by atoms with Crippen LogP contribution in [0, 0.1) is 6.92 Å². The lowest BCUT2D eigenvalue weighted by Crippen LogP contribution is -2.46. The average Bonchev–Trinajstić information content (AvgIpc) is 2.79. The molecule has 2 rings (SSSR count). The molecule has 0 spiro atoms. The summed E-state index contributed by atoms with van der Waals surface area (Å²) >= 11 is 0. The second-order valence-corrected chi connectivity index (χ2v) is 6.36. The number of carbonyl (C=O) groups excluding carboxylic acids is 1. The van der Waals surface area contributed by atoms with Gasteiger partial charge in [-0.05, 0) is 32.4 Å². The first-order chi connectivity index (χ1) is 11.1. The summed E-state index contributed by atoms with van der Waals surface area (Å²) in [7, 11) is 0. The topological polar surface area (TPSA) is 35.6 Å². The largest absolute Gasteiger partial charge is 0.351 e. The molecule has 0 bridgehead atoms. The first-order valence-electron chi connectivity index (χ1n) is 8.50. The fourth-order valence-corrected chi connectivity index (χ4v) is 2.97. The summed E-state index contributed by atoms with van der Waals surface area (Å²) in [5, 5.41) is 2.89. The number of benzene rings is 1. The minimum absolute atomic E-state index is 0.0747. The van der Waals surface area contributed by atoms with Crippen molar-refractivity contribution < 1.29 is 4.79 Å². The van der Waals surface area contributed by atoms with E-state index < -0.39 is 0 Å². The van der Waals surface area contributed by atoms with Gasteiger partial charge in [0, 0.05) is 32.7 Å². The van der Waals surface area contributed by atoms with Crippen LogP contribution in [-0.2, 0) is 11.3 Å². The van der Waals surface area contributed by atoms with Crippen LogP contribution in [-0.4, -0.2) is 54.5 Å². The van der Waals surface area contributed by atoms with Gasteiger partial charge in [0.15, 0.2) is 0 Å². The van der Waals surface area contributed by atoms with Crippen LogP contribution in [0.3, 0.4) is 0 Å². The van der Waals surface area contributed by atoms with Crippen LogP contribution >= 0.6 is 0 Å². The molecule has 4 heteroatoms. The maximum Gasteiger partial charge on any atom is 0.237 e. The minimum Gasteiger partial charge on any atom is -0.351 e. The highest BCUT2D eigenvalue weighted by atomic mass is 16.2. The van der Waals surface area contributed by atoms with Crippen molar-refractivity contribution in [3.63, 3.8) is 0 Å². The van der Waals surface area contributed by atoms with Crippen molar-refractivity contribution in [1.82, 2.24) is 15.1 Å². The zero-order valence-electron chi connectivity index (χ0n) is 14.4. The highest BCUT2D eigenvalue weighted by Crippen LogP contribution is 2.12. The first kappa shape index (κ1) is 17.7. The van der Waals surface area contributed by atoms with E-state index in [0.717, 1.165) is 39.1 Å². The van der Waals surface area contributed by atoms with Gasteiger partial charge in [-0.2, -0.15) is 0 Å². The zero-order valence-corrected chi connectivity index (χ0v) is 14.4. The molecule has 0 aliphatic carbocycles. The summed E-state index contributed by atoms with van der Waals surface area (Å²) in [5.74, 6) is 0.0943. The van der Waals surface area contributed by atoms with E-state index in [2.05, 4.69) is 52.9 Å². The summed E-state index contributed by atoms with van der Waals surface area (Å²) < 4.78 is 0. The predicted octanol–water partition coefficient (Wildman–Crippen LogP) is 2.19. The number of nitrogens with zero attached hydrogens (tertiary/aromatic N) is 2. The van der Waals surface area contributed by atoms with Gasteiger partial charge in [-0.15, -0.1) is 6.58 Å². The second kappa shape index (κ2) is 8.85. The molecular weight excluding hydrogens is 286 g/mol. The van der Waals surface area contributed by atoms with Gasteiger partial charge in [0.25, 0.3) is 0 Å². The van der Waals surface area contributed by atoms with Crippen molar-refractivity contribution in [2.45, 2.75) is 32.9 Å². The van der Waals surface area contributed by atoms with Gasteiger partial charge in [0.05, 0.1) is 6.04 Å². The Balaban J connectivity index is 1.85. The number of carbonyl (C=O) groups is 1. The predicted molar refractivity (Wildman–Crippen MR) is 95.3 cm³/mol. The molecule has 4 nitrogen and oxygen atoms in total. The van der Waals surface area contributed by atoms with Crippen LogP contribution in [0.15, 0.2) is 36.9 Å². The molecule has 1 amide bonds. The van der Waals surface area contributed by atoms with E-state index in [1.54, 1.807) is 6.08 Å². The van der Waals surface area contributed by atoms with E-state index in [9.17, 15) is 4.79 Å². The number of hydrogen-bond donors (Lipinski definition) is 1. The molecule has 0 saturated carbocycles. The lowest BCUT2D eigenvalue weighted by molar-refractivity contribution is -0.125. The van der Waals surface area contributed by atoms with Crippen LogP contribution in [0.4, 0.5) is 0 Å². The molecule has 1 N–H and O–H groups in total. The number of nitrogens with one attached hydrogen (secondary N) is 1. The fraction of sp³-hybridized carbons (Fsp3) is 0.526. The third-order valence-corrected chi connectivity index (χ3v) is 4.50. The highest BCUT2D eigenvalue weighted by Gasteiger charge is 2.23. The summed E-state index contributed by atoms with van der Waals surface area (Å²) in [4.78, 5) is 16.9. The Morgan fingerprint density at radius 1 is 1.26 bits per heavy atom. The molecule has 0 radical (unpaired) electrons. The summed E-state index contributed by atoms with van der Waals surface area (Å²) in [6.45, 7) is 13.3. The van der Waals surface area contributed by atoms with E-state index >= 15 is 0 Å². The lowest BCUT2D eigenvalue weighted by atomic mass is 10.1. The molecule has 1 aromatic carbocycles. The van der Waals surface area contributed by atoms with Gasteiger partial charge < -0.3 is 5.32 Å². The van der Waals surface area contributed by atoms with E-state index in [-0.39, 0.29) is 11.9 Å². The van der Waals surface area contributed by atoms with Crippen molar-refractivity contribution in [3.05, 3.63) is 48.0 Å². The normalized spacial score (nSPS) is 18.2. The van der Waals surface area contributed by atoms with Crippen molar-refractivity contribution in [2.24, 2.45) is 0 Å². The summed E-state index contributed by atoms with van der Waals surface area (Å²) in [6.07, 6.45) is 2.82. The monoisotopic (exact) mass is 315 g/mol. The Bertz CT molecular complexity index is 512. The van der Waals surface area contributed by atoms with Gasteiger partial charge >= 0.3 is 0 Å². The third-order valence-electron chi connectivity index (χ3n) is 4.50. The number of rotatable bonds is 6. The van der Waals surface area contributed by atoms with Crippen LogP contribution in [0.1, 0.15) is 24.5 Å². The molecular formula is C19H29N3O. The van der Waals surface area contributed by atoms with Gasteiger partial charge in [-0.3, -0.25) is 14.6 Å². The molecule has 23 heavy (non-hydrogen) atoms. The fourth-order valence-electron chi connectivity index (χ4n) is 2.97. The van der Waals surface area contributed by atoms with E-state index in [1.807, 2.05) is 6.92 Å². The minimum atomic E-state index is -0.0747. The maximum atomic E-state index is 12.1. The second-order valence-electron chi connectivity index (χ2n) is 6.36. The van der Waals surface area contributed by atoms with Gasteiger partial charge in [-0.25, -0.2) is 0 Å². The van der Waals surface area contributed by atoms with Crippen LogP contribution in [0.25, 0.3) is 0 Å². The average molecular weight is 315 g/mol. The maximum absolute atomic E-state index is 12.1. The molecule has 1 unspecified atom stereocenters. The van der Waals surface area contributed by atoms with Crippen LogP contribution in [0.5, 0.6) is 0 Å². The SMILES string of the molecule is C=CCNC(=O)C(C)N1CCCN(Cc2ccc(C)cc2)CC1. The standard InChI is InChI=1S/C19H29N3O/c1-4-10-20-19(23)17(3)22-12-5-11-21(13-14-22)15-18-8-6-16(2)7-9-18/h4,6-9,17H,1,5,10-15H2,2-3H3,(H,20,23). The van der Waals surface area contributed by atoms with Crippen molar-refractivity contribution in [2.75, 3.05) is 32.7 Å². The lowest BCUT2D eigenvalue weighted by Gasteiger charge is -2.26. The number of hydrogen-bond acceptors (Lipinski definition) is 3. The van der Waals surface area contributed by atoms with Gasteiger partial charge in [-0.1, -0.05) is 35.9 Å². The number of aryl methyl sites for hydroxylation is 1. The van der Waals surface area contributed by atoms with Crippen molar-refractivity contribution in [1.29, 1.82) is 0 Å².